The molecule has 0 fully saturated rings. The van der Waals surface area contributed by atoms with E-state index in [4.69, 9.17) is 9.95 Å². The lowest BCUT2D eigenvalue weighted by molar-refractivity contribution is -0.274. The number of hydrogen-bond acceptors (Lipinski definition) is 4. The molecule has 0 atom stereocenters. The summed E-state index contributed by atoms with van der Waals surface area (Å²) in [5, 5.41) is 5.71. The summed E-state index contributed by atoms with van der Waals surface area (Å²) >= 11 is 0. The van der Waals surface area contributed by atoms with Crippen LogP contribution in [0, 0.1) is 0 Å². The monoisotopic (exact) mass is 340 g/mol. The number of halogens is 3. The van der Waals surface area contributed by atoms with E-state index in [0.717, 1.165) is 6.07 Å². The third-order valence-corrected chi connectivity index (χ3v) is 2.81. The summed E-state index contributed by atoms with van der Waals surface area (Å²) in [6.45, 7) is -0.233. The van der Waals surface area contributed by atoms with Crippen LogP contribution in [0.2, 0.25) is 0 Å². The molecule has 0 aliphatic heterocycles. The van der Waals surface area contributed by atoms with Crippen molar-refractivity contribution in [3.05, 3.63) is 63.9 Å². The number of rotatable bonds is 6. The summed E-state index contributed by atoms with van der Waals surface area (Å²) in [5.74, 6) is -0.774. The molecule has 1 aromatic carbocycles. The Kier molecular flexibility index (Phi) is 5.33. The molecule has 1 amide bonds. The highest BCUT2D eigenvalue weighted by Gasteiger charge is 2.32. The summed E-state index contributed by atoms with van der Waals surface area (Å²) in [6, 6.07) is 8.30. The Labute approximate surface area is 133 Å². The highest BCUT2D eigenvalue weighted by Crippen LogP contribution is 2.26. The fourth-order valence-electron chi connectivity index (χ4n) is 1.82. The molecular formula is C14H11F3N4O3. The van der Waals surface area contributed by atoms with Gasteiger partial charge in [-0.05, 0) is 23.7 Å². The van der Waals surface area contributed by atoms with Crippen molar-refractivity contribution in [2.75, 3.05) is 0 Å². The molecular weight excluding hydrogens is 329 g/mol. The fraction of sp³-hybridized carbons (Fsp3) is 0.214. The lowest BCUT2D eigenvalue weighted by Crippen LogP contribution is -2.24. The molecule has 0 aliphatic carbocycles. The number of furan rings is 1. The van der Waals surface area contributed by atoms with Gasteiger partial charge in [0.1, 0.15) is 11.5 Å². The Morgan fingerprint density at radius 1 is 1.29 bits per heavy atom. The molecule has 2 rings (SSSR count). The highest BCUT2D eigenvalue weighted by molar-refractivity contribution is 5.91. The highest BCUT2D eigenvalue weighted by atomic mass is 19.4. The maximum atomic E-state index is 12.3. The minimum absolute atomic E-state index is 0.0487. The smallest absolute Gasteiger partial charge is 0.456 e. The average molecular weight is 340 g/mol. The first kappa shape index (κ1) is 17.2. The van der Waals surface area contributed by atoms with Crippen LogP contribution in [0.5, 0.6) is 5.75 Å². The van der Waals surface area contributed by atoms with Crippen molar-refractivity contribution in [2.45, 2.75) is 19.5 Å². The van der Waals surface area contributed by atoms with Crippen molar-refractivity contribution in [2.24, 2.45) is 5.11 Å². The molecule has 1 heterocycles. The van der Waals surface area contributed by atoms with E-state index in [2.05, 4.69) is 20.1 Å². The minimum Gasteiger partial charge on any atom is -0.456 e. The van der Waals surface area contributed by atoms with Crippen molar-refractivity contribution in [3.63, 3.8) is 0 Å². The molecule has 126 valence electrons. The molecule has 0 saturated heterocycles. The molecule has 0 radical (unpaired) electrons. The van der Waals surface area contributed by atoms with Crippen molar-refractivity contribution < 1.29 is 27.1 Å². The molecule has 1 N–H and O–H groups in total. The Balaban J connectivity index is 2.01. The van der Waals surface area contributed by atoms with Crippen LogP contribution in [-0.2, 0) is 13.1 Å². The number of amides is 1. The summed E-state index contributed by atoms with van der Waals surface area (Å²) in [6.07, 6.45) is -4.82. The lowest BCUT2D eigenvalue weighted by atomic mass is 10.2. The van der Waals surface area contributed by atoms with Crippen molar-refractivity contribution in [3.8, 4) is 5.75 Å². The standard InChI is InChI=1S/C14H11F3N4O3/c15-14(16,17)24-11-4-2-1-3-9(11)7-19-13(22)12-6-5-10(23-12)8-20-21-18/h1-6H,7-8H2,(H,19,22). The van der Waals surface area contributed by atoms with E-state index < -0.39 is 18.0 Å². The molecule has 7 nitrogen and oxygen atoms in total. The Hall–Kier alpha value is -3.13. The Morgan fingerprint density at radius 3 is 2.75 bits per heavy atom. The summed E-state index contributed by atoms with van der Waals surface area (Å²) in [7, 11) is 0. The minimum atomic E-state index is -4.82. The fourth-order valence-corrected chi connectivity index (χ4v) is 1.82. The number of hydrogen-bond donors (Lipinski definition) is 1. The number of para-hydroxylation sites is 1. The molecule has 0 saturated carbocycles. The molecule has 0 unspecified atom stereocenters. The van der Waals surface area contributed by atoms with E-state index >= 15 is 0 Å². The van der Waals surface area contributed by atoms with Crippen LogP contribution >= 0.6 is 0 Å². The van der Waals surface area contributed by atoms with Gasteiger partial charge in [-0.2, -0.15) is 0 Å². The van der Waals surface area contributed by atoms with Gasteiger partial charge >= 0.3 is 6.36 Å². The normalized spacial score (nSPS) is 10.8. The first-order valence-electron chi connectivity index (χ1n) is 6.60. The zero-order valence-electron chi connectivity index (χ0n) is 12.1. The summed E-state index contributed by atoms with van der Waals surface area (Å²) in [4.78, 5) is 14.5. The number of nitrogens with one attached hydrogen (secondary N) is 1. The van der Waals surface area contributed by atoms with Crippen LogP contribution < -0.4 is 10.1 Å². The van der Waals surface area contributed by atoms with Crippen LogP contribution in [0.25, 0.3) is 10.4 Å². The molecule has 0 aliphatic rings. The number of azide groups is 1. The molecule has 10 heteroatoms. The number of benzene rings is 1. The maximum absolute atomic E-state index is 12.3. The molecule has 0 bridgehead atoms. The van der Waals surface area contributed by atoms with Crippen molar-refractivity contribution in [1.82, 2.24) is 5.32 Å². The number of carbonyl (C=O) groups is 1. The van der Waals surface area contributed by atoms with Gasteiger partial charge in [-0.15, -0.1) is 13.2 Å². The second kappa shape index (κ2) is 7.42. The number of alkyl halides is 3. The first-order valence-corrected chi connectivity index (χ1v) is 6.60. The topological polar surface area (TPSA) is 100 Å². The zero-order chi connectivity index (χ0) is 17.6. The summed E-state index contributed by atoms with van der Waals surface area (Å²) in [5.41, 5.74) is 8.36. The third kappa shape index (κ3) is 4.96. The summed E-state index contributed by atoms with van der Waals surface area (Å²) < 4.78 is 46.0. The molecule has 2 aromatic rings. The molecule has 1 aromatic heterocycles. The predicted octanol–water partition coefficient (Wildman–Crippen LogP) is 3.92. The Bertz CT molecular complexity index is 767. The van der Waals surface area contributed by atoms with E-state index in [0.29, 0.717) is 5.76 Å². The van der Waals surface area contributed by atoms with Gasteiger partial charge in [-0.3, -0.25) is 4.79 Å². The van der Waals surface area contributed by atoms with Gasteiger partial charge in [0.2, 0.25) is 0 Å². The van der Waals surface area contributed by atoms with Crippen LogP contribution in [-0.4, -0.2) is 12.3 Å². The molecule has 24 heavy (non-hydrogen) atoms. The van der Waals surface area contributed by atoms with E-state index in [1.54, 1.807) is 0 Å². The number of ether oxygens (including phenoxy) is 1. The van der Waals surface area contributed by atoms with Gasteiger partial charge in [-0.1, -0.05) is 23.3 Å². The van der Waals surface area contributed by atoms with Gasteiger partial charge in [-0.25, -0.2) is 0 Å². The van der Waals surface area contributed by atoms with E-state index in [1.807, 2.05) is 0 Å². The second-order valence-corrected chi connectivity index (χ2v) is 4.49. The zero-order valence-corrected chi connectivity index (χ0v) is 12.1. The third-order valence-electron chi connectivity index (χ3n) is 2.81. The first-order chi connectivity index (χ1) is 11.4. The van der Waals surface area contributed by atoms with Crippen LogP contribution in [0.1, 0.15) is 21.9 Å². The van der Waals surface area contributed by atoms with E-state index in [9.17, 15) is 18.0 Å². The van der Waals surface area contributed by atoms with E-state index in [-0.39, 0.29) is 24.4 Å². The SMILES string of the molecule is [N-]=[N+]=NCc1ccc(C(=O)NCc2ccccc2OC(F)(F)F)o1. The number of nitrogens with zero attached hydrogens (tertiary/aromatic N) is 3. The van der Waals surface area contributed by atoms with Gasteiger partial charge in [0, 0.05) is 17.0 Å². The van der Waals surface area contributed by atoms with Gasteiger partial charge < -0.3 is 14.5 Å². The van der Waals surface area contributed by atoms with Gasteiger partial charge in [0.05, 0.1) is 6.54 Å². The van der Waals surface area contributed by atoms with Crippen LogP contribution in [0.4, 0.5) is 13.2 Å². The largest absolute Gasteiger partial charge is 0.573 e. The van der Waals surface area contributed by atoms with Crippen LogP contribution in [0.3, 0.4) is 0 Å². The maximum Gasteiger partial charge on any atom is 0.573 e. The number of carbonyl (C=O) groups excluding carboxylic acids is 1. The van der Waals surface area contributed by atoms with Crippen molar-refractivity contribution >= 4 is 5.91 Å². The average Bonchev–Trinajstić information content (AvgIpc) is 2.99. The quantitative estimate of drug-likeness (QED) is 0.490. The Morgan fingerprint density at radius 2 is 2.04 bits per heavy atom. The second-order valence-electron chi connectivity index (χ2n) is 4.49. The molecule has 0 spiro atoms. The van der Waals surface area contributed by atoms with Crippen LogP contribution in [0.15, 0.2) is 45.9 Å². The van der Waals surface area contributed by atoms with Crippen molar-refractivity contribution in [1.29, 1.82) is 0 Å². The van der Waals surface area contributed by atoms with Gasteiger partial charge in [0.15, 0.2) is 5.76 Å². The lowest BCUT2D eigenvalue weighted by Gasteiger charge is -2.13. The van der Waals surface area contributed by atoms with Gasteiger partial charge in [0.25, 0.3) is 5.91 Å². The van der Waals surface area contributed by atoms with E-state index in [1.165, 1.54) is 30.3 Å². The predicted molar refractivity (Wildman–Crippen MR) is 75.9 cm³/mol.